The van der Waals surface area contributed by atoms with Crippen LogP contribution in [0.5, 0.6) is 0 Å². The van der Waals surface area contributed by atoms with Crippen LogP contribution in [-0.2, 0) is 6.61 Å². The van der Waals surface area contributed by atoms with Crippen LogP contribution in [-0.4, -0.2) is 15.2 Å². The zero-order valence-electron chi connectivity index (χ0n) is 8.69. The first kappa shape index (κ1) is 9.86. The molecule has 0 saturated carbocycles. The molecule has 0 aliphatic rings. The van der Waals surface area contributed by atoms with Crippen molar-refractivity contribution >= 4 is 0 Å². The van der Waals surface area contributed by atoms with Gasteiger partial charge in [0, 0.05) is 5.56 Å². The standard InChI is InChI=1S/C11H12N2O2/c1-7-3-4-8(2)9(5-7)11-12-10(6-14)13-15-11/h3-5,14H,6H2,1-2H3. The zero-order chi connectivity index (χ0) is 10.8. The summed E-state index contributed by atoms with van der Waals surface area (Å²) in [5, 5.41) is 12.5. The van der Waals surface area contributed by atoms with Crippen LogP contribution in [0.2, 0.25) is 0 Å². The largest absolute Gasteiger partial charge is 0.388 e. The molecule has 1 N–H and O–H groups in total. The topological polar surface area (TPSA) is 59.2 Å². The second kappa shape index (κ2) is 3.82. The van der Waals surface area contributed by atoms with Crippen LogP contribution in [0, 0.1) is 13.8 Å². The Labute approximate surface area is 87.6 Å². The fraction of sp³-hybridized carbons (Fsp3) is 0.273. The minimum Gasteiger partial charge on any atom is -0.388 e. The van der Waals surface area contributed by atoms with Crippen LogP contribution in [0.4, 0.5) is 0 Å². The highest BCUT2D eigenvalue weighted by atomic mass is 16.5. The summed E-state index contributed by atoms with van der Waals surface area (Å²) in [5.74, 6) is 0.770. The number of aliphatic hydroxyl groups is 1. The average molecular weight is 204 g/mol. The SMILES string of the molecule is Cc1ccc(C)c(-c2nc(CO)no2)c1. The molecule has 4 heteroatoms. The lowest BCUT2D eigenvalue weighted by Gasteiger charge is -2.01. The van der Waals surface area contributed by atoms with Crippen molar-refractivity contribution in [1.29, 1.82) is 0 Å². The van der Waals surface area contributed by atoms with E-state index in [9.17, 15) is 0 Å². The van der Waals surface area contributed by atoms with E-state index in [1.54, 1.807) is 0 Å². The summed E-state index contributed by atoms with van der Waals surface area (Å²) in [6.45, 7) is 3.79. The van der Waals surface area contributed by atoms with Crippen molar-refractivity contribution in [3.05, 3.63) is 35.2 Å². The molecule has 0 unspecified atom stereocenters. The fourth-order valence-corrected chi connectivity index (χ4v) is 1.39. The minimum absolute atomic E-state index is 0.200. The molecule has 0 fully saturated rings. The van der Waals surface area contributed by atoms with Gasteiger partial charge in [0.15, 0.2) is 5.82 Å². The van der Waals surface area contributed by atoms with Gasteiger partial charge in [-0.05, 0) is 25.5 Å². The number of benzene rings is 1. The van der Waals surface area contributed by atoms with Crippen molar-refractivity contribution in [3.8, 4) is 11.5 Å². The van der Waals surface area contributed by atoms with E-state index < -0.39 is 0 Å². The molecule has 1 heterocycles. The maximum absolute atomic E-state index is 8.84. The van der Waals surface area contributed by atoms with Crippen LogP contribution in [0.1, 0.15) is 17.0 Å². The molecule has 0 amide bonds. The van der Waals surface area contributed by atoms with Crippen LogP contribution in [0.3, 0.4) is 0 Å². The molecular weight excluding hydrogens is 192 g/mol. The normalized spacial score (nSPS) is 10.6. The maximum atomic E-state index is 8.84. The third-order valence-electron chi connectivity index (χ3n) is 2.23. The third kappa shape index (κ3) is 1.89. The predicted octanol–water partition coefficient (Wildman–Crippen LogP) is 1.85. The first-order valence-corrected chi connectivity index (χ1v) is 4.72. The van der Waals surface area contributed by atoms with E-state index in [1.807, 2.05) is 32.0 Å². The van der Waals surface area contributed by atoms with Gasteiger partial charge >= 0.3 is 0 Å². The van der Waals surface area contributed by atoms with Crippen LogP contribution in [0.25, 0.3) is 11.5 Å². The minimum atomic E-state index is -0.200. The number of aromatic nitrogens is 2. The number of rotatable bonds is 2. The smallest absolute Gasteiger partial charge is 0.258 e. The molecule has 0 aliphatic heterocycles. The molecule has 2 aromatic rings. The van der Waals surface area contributed by atoms with E-state index in [2.05, 4.69) is 10.1 Å². The number of hydrogen-bond donors (Lipinski definition) is 1. The molecule has 15 heavy (non-hydrogen) atoms. The summed E-state index contributed by atoms with van der Waals surface area (Å²) in [5.41, 5.74) is 3.13. The van der Waals surface area contributed by atoms with E-state index in [4.69, 9.17) is 9.63 Å². The van der Waals surface area contributed by atoms with Crippen molar-refractivity contribution in [2.45, 2.75) is 20.5 Å². The molecule has 0 saturated heterocycles. The number of aliphatic hydroxyl groups excluding tert-OH is 1. The Morgan fingerprint density at radius 2 is 2.13 bits per heavy atom. The molecule has 1 aromatic carbocycles. The van der Waals surface area contributed by atoms with Gasteiger partial charge < -0.3 is 9.63 Å². The van der Waals surface area contributed by atoms with E-state index in [0.29, 0.717) is 11.7 Å². The van der Waals surface area contributed by atoms with Crippen LogP contribution < -0.4 is 0 Å². The van der Waals surface area contributed by atoms with Crippen molar-refractivity contribution in [1.82, 2.24) is 10.1 Å². The molecule has 4 nitrogen and oxygen atoms in total. The molecule has 0 aliphatic carbocycles. The Morgan fingerprint density at radius 1 is 1.33 bits per heavy atom. The van der Waals surface area contributed by atoms with Gasteiger partial charge in [-0.15, -0.1) is 0 Å². The lowest BCUT2D eigenvalue weighted by Crippen LogP contribution is -1.87. The van der Waals surface area contributed by atoms with Gasteiger partial charge in [0.1, 0.15) is 6.61 Å². The highest BCUT2D eigenvalue weighted by molar-refractivity contribution is 5.59. The first-order valence-electron chi connectivity index (χ1n) is 4.72. The molecule has 0 spiro atoms. The van der Waals surface area contributed by atoms with Crippen molar-refractivity contribution in [2.24, 2.45) is 0 Å². The Bertz CT molecular complexity index is 477. The quantitative estimate of drug-likeness (QED) is 0.810. The van der Waals surface area contributed by atoms with Gasteiger partial charge in [-0.2, -0.15) is 4.98 Å². The summed E-state index contributed by atoms with van der Waals surface area (Å²) in [4.78, 5) is 4.07. The van der Waals surface area contributed by atoms with E-state index in [0.717, 1.165) is 16.7 Å². The Morgan fingerprint density at radius 3 is 2.80 bits per heavy atom. The first-order chi connectivity index (χ1) is 7.20. The summed E-state index contributed by atoms with van der Waals surface area (Å²) in [7, 11) is 0. The summed E-state index contributed by atoms with van der Waals surface area (Å²) >= 11 is 0. The van der Waals surface area contributed by atoms with E-state index in [-0.39, 0.29) is 6.61 Å². The number of aryl methyl sites for hydroxylation is 2. The Hall–Kier alpha value is -1.68. The van der Waals surface area contributed by atoms with Crippen LogP contribution in [0.15, 0.2) is 22.7 Å². The lowest BCUT2D eigenvalue weighted by atomic mass is 10.1. The lowest BCUT2D eigenvalue weighted by molar-refractivity contribution is 0.264. The van der Waals surface area contributed by atoms with Crippen molar-refractivity contribution in [2.75, 3.05) is 0 Å². The molecule has 0 atom stereocenters. The summed E-state index contributed by atoms with van der Waals surface area (Å²) < 4.78 is 5.06. The second-order valence-corrected chi connectivity index (χ2v) is 3.49. The third-order valence-corrected chi connectivity index (χ3v) is 2.23. The summed E-state index contributed by atoms with van der Waals surface area (Å²) in [6.07, 6.45) is 0. The molecule has 0 bridgehead atoms. The van der Waals surface area contributed by atoms with E-state index >= 15 is 0 Å². The number of nitrogens with zero attached hydrogens (tertiary/aromatic N) is 2. The van der Waals surface area contributed by atoms with Gasteiger partial charge in [0.25, 0.3) is 5.89 Å². The Kier molecular flexibility index (Phi) is 2.51. The number of hydrogen-bond acceptors (Lipinski definition) is 4. The predicted molar refractivity (Wildman–Crippen MR) is 55.1 cm³/mol. The van der Waals surface area contributed by atoms with Gasteiger partial charge in [0.2, 0.25) is 0 Å². The van der Waals surface area contributed by atoms with Crippen molar-refractivity contribution in [3.63, 3.8) is 0 Å². The molecule has 2 rings (SSSR count). The second-order valence-electron chi connectivity index (χ2n) is 3.49. The fourth-order valence-electron chi connectivity index (χ4n) is 1.39. The summed E-state index contributed by atoms with van der Waals surface area (Å²) in [6, 6.07) is 6.03. The molecule has 1 aromatic heterocycles. The highest BCUT2D eigenvalue weighted by Crippen LogP contribution is 2.22. The van der Waals surface area contributed by atoms with Crippen molar-refractivity contribution < 1.29 is 9.63 Å². The van der Waals surface area contributed by atoms with Gasteiger partial charge in [-0.25, -0.2) is 0 Å². The van der Waals surface area contributed by atoms with E-state index in [1.165, 1.54) is 0 Å². The monoisotopic (exact) mass is 204 g/mol. The zero-order valence-corrected chi connectivity index (χ0v) is 8.69. The van der Waals surface area contributed by atoms with Gasteiger partial charge in [-0.1, -0.05) is 22.9 Å². The molecule has 78 valence electrons. The Balaban J connectivity index is 2.48. The molecular formula is C11H12N2O2. The van der Waals surface area contributed by atoms with Crippen LogP contribution >= 0.6 is 0 Å². The highest BCUT2D eigenvalue weighted by Gasteiger charge is 2.10. The van der Waals surface area contributed by atoms with Gasteiger partial charge in [0.05, 0.1) is 0 Å². The molecule has 0 radical (unpaired) electrons. The van der Waals surface area contributed by atoms with Gasteiger partial charge in [-0.3, -0.25) is 0 Å². The average Bonchev–Trinajstić information content (AvgIpc) is 2.70. The maximum Gasteiger partial charge on any atom is 0.258 e.